The molecule has 0 bridgehead atoms. The van der Waals surface area contributed by atoms with Crippen LogP contribution < -0.4 is 16.4 Å². The first-order chi connectivity index (χ1) is 16.0. The molecule has 1 aliphatic carbocycles. The molecule has 7 nitrogen and oxygen atoms in total. The summed E-state index contributed by atoms with van der Waals surface area (Å²) in [5, 5.41) is 7.53. The average Bonchev–Trinajstić information content (AvgIpc) is 3.15. The minimum absolute atomic E-state index is 0.139. The first-order valence-corrected chi connectivity index (χ1v) is 12.6. The van der Waals surface area contributed by atoms with Crippen molar-refractivity contribution in [3.63, 3.8) is 0 Å². The first-order valence-electron chi connectivity index (χ1n) is 11.7. The normalized spacial score (nSPS) is 20.0. The second kappa shape index (κ2) is 9.43. The number of carbonyl (C=O) groups excluding carboxylic acids is 2. The number of rotatable bonds is 6. The van der Waals surface area contributed by atoms with Crippen molar-refractivity contribution >= 4 is 49.9 Å². The Balaban J connectivity index is 1.53. The fraction of sp³-hybridized carbons (Fsp3) is 0.462. The van der Waals surface area contributed by atoms with Crippen LogP contribution in [0.4, 0.5) is 16.8 Å². The molecular weight excluding hydrogens is 446 g/mol. The van der Waals surface area contributed by atoms with E-state index in [1.165, 1.54) is 11.3 Å². The maximum Gasteiger partial charge on any atom is 0.189 e. The van der Waals surface area contributed by atoms with Gasteiger partial charge in [-0.25, -0.2) is 9.97 Å². The second-order valence-electron chi connectivity index (χ2n) is 10.3. The van der Waals surface area contributed by atoms with Crippen LogP contribution >= 0.6 is 11.3 Å². The Hall–Kier alpha value is -2.84. The Kier molecular flexibility index (Phi) is 6.73. The van der Waals surface area contributed by atoms with Crippen molar-refractivity contribution in [1.29, 1.82) is 0 Å². The minimum Gasteiger partial charge on any atom is -0.384 e. The fourth-order valence-corrected chi connectivity index (χ4v) is 5.14. The summed E-state index contributed by atoms with van der Waals surface area (Å²) in [5.41, 5.74) is 8.99. The largest absolute Gasteiger partial charge is 0.384 e. The van der Waals surface area contributed by atoms with Crippen LogP contribution in [-0.4, -0.2) is 27.6 Å². The zero-order valence-electron chi connectivity index (χ0n) is 20.4. The molecule has 3 atom stereocenters. The SMILES string of the molecule is CC1C(=O)CCC(=O)C1c1ccc2nc(Nc3cc(CNC(C)C(C)(C)C)cc(N)n3)sc2c1. The van der Waals surface area contributed by atoms with E-state index in [1.54, 1.807) is 0 Å². The van der Waals surface area contributed by atoms with Crippen LogP contribution in [0.3, 0.4) is 0 Å². The molecule has 1 aromatic carbocycles. The molecule has 3 aromatic rings. The standard InChI is InChI=1S/C26H33N5O2S/c1-14-19(32)8-9-20(33)24(14)17-6-7-18-21(12-17)34-25(29-18)31-23-11-16(10-22(27)30-23)13-28-15(2)26(3,4)5/h6-7,10-12,14-15,24,28H,8-9,13H2,1-5H3,(H3,27,29,30,31). The molecule has 4 N–H and O–H groups in total. The Morgan fingerprint density at radius 3 is 2.59 bits per heavy atom. The van der Waals surface area contributed by atoms with E-state index < -0.39 is 0 Å². The molecular formula is C26H33N5O2S. The topological polar surface area (TPSA) is 110 Å². The highest BCUT2D eigenvalue weighted by molar-refractivity contribution is 7.22. The highest BCUT2D eigenvalue weighted by atomic mass is 32.1. The Bertz CT molecular complexity index is 1230. The molecule has 2 heterocycles. The van der Waals surface area contributed by atoms with Crippen molar-refractivity contribution in [3.8, 4) is 0 Å². The molecule has 3 unspecified atom stereocenters. The van der Waals surface area contributed by atoms with Crippen LogP contribution in [0.1, 0.15) is 64.5 Å². The number of hydrogen-bond acceptors (Lipinski definition) is 8. The third-order valence-corrected chi connectivity index (χ3v) is 7.73. The lowest BCUT2D eigenvalue weighted by Gasteiger charge is -2.28. The number of nitrogens with zero attached hydrogens (tertiary/aromatic N) is 2. The van der Waals surface area contributed by atoms with Gasteiger partial charge in [0.2, 0.25) is 0 Å². The third kappa shape index (κ3) is 5.28. The number of aromatic nitrogens is 2. The number of benzene rings is 1. The number of hydrogen-bond donors (Lipinski definition) is 3. The summed E-state index contributed by atoms with van der Waals surface area (Å²) >= 11 is 1.49. The molecule has 8 heteroatoms. The van der Waals surface area contributed by atoms with E-state index in [9.17, 15) is 9.59 Å². The van der Waals surface area contributed by atoms with E-state index in [4.69, 9.17) is 5.73 Å². The van der Waals surface area contributed by atoms with Crippen molar-refractivity contribution in [3.05, 3.63) is 41.5 Å². The van der Waals surface area contributed by atoms with Gasteiger partial charge in [-0.1, -0.05) is 45.1 Å². The van der Waals surface area contributed by atoms with Crippen molar-refractivity contribution in [2.24, 2.45) is 11.3 Å². The van der Waals surface area contributed by atoms with Crippen LogP contribution in [-0.2, 0) is 16.1 Å². The molecule has 0 amide bonds. The van der Waals surface area contributed by atoms with Gasteiger partial charge >= 0.3 is 0 Å². The van der Waals surface area contributed by atoms with E-state index >= 15 is 0 Å². The summed E-state index contributed by atoms with van der Waals surface area (Å²) in [6.45, 7) is 11.3. The number of nitrogen functional groups attached to an aromatic ring is 1. The van der Waals surface area contributed by atoms with Crippen molar-refractivity contribution in [2.75, 3.05) is 11.1 Å². The number of fused-ring (bicyclic) bond motifs is 1. The summed E-state index contributed by atoms with van der Waals surface area (Å²) in [7, 11) is 0. The molecule has 2 aromatic heterocycles. The Morgan fingerprint density at radius 2 is 1.85 bits per heavy atom. The number of carbonyl (C=O) groups is 2. The second-order valence-corrected chi connectivity index (χ2v) is 11.4. The highest BCUT2D eigenvalue weighted by Crippen LogP contribution is 2.36. The lowest BCUT2D eigenvalue weighted by Crippen LogP contribution is -2.37. The van der Waals surface area contributed by atoms with Gasteiger partial charge in [0.1, 0.15) is 23.2 Å². The van der Waals surface area contributed by atoms with E-state index in [-0.39, 0.29) is 28.8 Å². The summed E-state index contributed by atoms with van der Waals surface area (Å²) in [6.07, 6.45) is 0.682. The van der Waals surface area contributed by atoms with Gasteiger partial charge in [-0.05, 0) is 47.7 Å². The molecule has 1 aliphatic rings. The van der Waals surface area contributed by atoms with Crippen molar-refractivity contribution in [1.82, 2.24) is 15.3 Å². The summed E-state index contributed by atoms with van der Waals surface area (Å²) in [5.74, 6) is 0.731. The summed E-state index contributed by atoms with van der Waals surface area (Å²) < 4.78 is 0.961. The first kappa shape index (κ1) is 24.3. The monoisotopic (exact) mass is 479 g/mol. The maximum absolute atomic E-state index is 12.5. The number of nitrogens with two attached hydrogens (primary N) is 1. The number of thiazole rings is 1. The predicted octanol–water partition coefficient (Wildman–Crippen LogP) is 5.19. The Labute approximate surface area is 204 Å². The fourth-order valence-electron chi connectivity index (χ4n) is 4.22. The quantitative estimate of drug-likeness (QED) is 0.446. The van der Waals surface area contributed by atoms with Gasteiger partial charge in [0.15, 0.2) is 5.13 Å². The molecule has 0 saturated heterocycles. The Morgan fingerprint density at radius 1 is 1.12 bits per heavy atom. The summed E-state index contributed by atoms with van der Waals surface area (Å²) in [6, 6.07) is 10.0. The van der Waals surface area contributed by atoms with Crippen molar-refractivity contribution < 1.29 is 9.59 Å². The number of pyridine rings is 1. The highest BCUT2D eigenvalue weighted by Gasteiger charge is 2.35. The van der Waals surface area contributed by atoms with Crippen LogP contribution in [0.2, 0.25) is 0 Å². The molecule has 1 fully saturated rings. The van der Waals surface area contributed by atoms with E-state index in [0.717, 1.165) is 21.3 Å². The van der Waals surface area contributed by atoms with Gasteiger partial charge in [-0.2, -0.15) is 0 Å². The molecule has 0 radical (unpaired) electrons. The maximum atomic E-state index is 12.5. The van der Waals surface area contributed by atoms with Crippen LogP contribution in [0.5, 0.6) is 0 Å². The van der Waals surface area contributed by atoms with Gasteiger partial charge in [-0.15, -0.1) is 0 Å². The summed E-state index contributed by atoms with van der Waals surface area (Å²) in [4.78, 5) is 33.8. The van der Waals surface area contributed by atoms with Gasteiger partial charge in [0, 0.05) is 31.3 Å². The number of nitrogens with one attached hydrogen (secondary N) is 2. The van der Waals surface area contributed by atoms with E-state index in [1.807, 2.05) is 37.3 Å². The van der Waals surface area contributed by atoms with Crippen LogP contribution in [0.25, 0.3) is 10.2 Å². The molecule has 0 spiro atoms. The van der Waals surface area contributed by atoms with Gasteiger partial charge in [-0.3, -0.25) is 9.59 Å². The lowest BCUT2D eigenvalue weighted by atomic mass is 9.75. The van der Waals surface area contributed by atoms with E-state index in [0.29, 0.717) is 42.2 Å². The molecule has 0 aliphatic heterocycles. The minimum atomic E-state index is -0.370. The smallest absolute Gasteiger partial charge is 0.189 e. The number of anilines is 3. The zero-order valence-corrected chi connectivity index (χ0v) is 21.3. The molecule has 34 heavy (non-hydrogen) atoms. The van der Waals surface area contributed by atoms with Gasteiger partial charge in [0.05, 0.1) is 16.1 Å². The van der Waals surface area contributed by atoms with Crippen molar-refractivity contribution in [2.45, 2.75) is 66.0 Å². The van der Waals surface area contributed by atoms with Gasteiger partial charge in [0.25, 0.3) is 0 Å². The molecule has 4 rings (SSSR count). The number of ketones is 2. The third-order valence-electron chi connectivity index (χ3n) is 6.80. The van der Waals surface area contributed by atoms with Crippen LogP contribution in [0, 0.1) is 11.3 Å². The predicted molar refractivity (Wildman–Crippen MR) is 138 cm³/mol. The van der Waals surface area contributed by atoms with Gasteiger partial charge < -0.3 is 16.4 Å². The van der Waals surface area contributed by atoms with E-state index in [2.05, 4.69) is 48.3 Å². The molecule has 1 saturated carbocycles. The lowest BCUT2D eigenvalue weighted by molar-refractivity contribution is -0.134. The molecule has 180 valence electrons. The zero-order chi connectivity index (χ0) is 24.6. The average molecular weight is 480 g/mol. The van der Waals surface area contributed by atoms with Crippen LogP contribution in [0.15, 0.2) is 30.3 Å². The number of Topliss-reactive ketones (excluding diaryl/α,β-unsaturated/α-hetero) is 2.